The van der Waals surface area contributed by atoms with Crippen LogP contribution in [0.2, 0.25) is 0 Å². The van der Waals surface area contributed by atoms with Crippen LogP contribution in [0.1, 0.15) is 37.2 Å². The maximum atomic E-state index is 12.2. The van der Waals surface area contributed by atoms with Gasteiger partial charge < -0.3 is 14.9 Å². The smallest absolute Gasteiger partial charge is 0.303 e. The van der Waals surface area contributed by atoms with Crippen LogP contribution >= 0.6 is 0 Å². The number of rotatable bonds is 6. The van der Waals surface area contributed by atoms with E-state index in [0.717, 1.165) is 5.56 Å². The Morgan fingerprint density at radius 2 is 2.18 bits per heavy atom. The lowest BCUT2D eigenvalue weighted by atomic mass is 9.98. The standard InChI is InChI=1S/C15H17N3O4/c1-15(2,6-5-13(19)20)17-14(21)11-8-12(22-18-11)10-4-3-7-16-9-10/h3-4,7-9H,5-6H2,1-2H3,(H,17,21)(H,19,20). The summed E-state index contributed by atoms with van der Waals surface area (Å²) in [5.74, 6) is -0.863. The van der Waals surface area contributed by atoms with Crippen LogP contribution in [0.3, 0.4) is 0 Å². The first-order valence-electron chi connectivity index (χ1n) is 6.79. The van der Waals surface area contributed by atoms with Gasteiger partial charge in [-0.1, -0.05) is 5.16 Å². The first-order valence-corrected chi connectivity index (χ1v) is 6.79. The highest BCUT2D eigenvalue weighted by molar-refractivity contribution is 5.93. The number of hydrogen-bond acceptors (Lipinski definition) is 5. The van der Waals surface area contributed by atoms with E-state index in [1.54, 1.807) is 38.4 Å². The minimum absolute atomic E-state index is 0.0208. The van der Waals surface area contributed by atoms with Crippen molar-refractivity contribution in [3.63, 3.8) is 0 Å². The monoisotopic (exact) mass is 303 g/mol. The molecule has 2 N–H and O–H groups in total. The molecule has 0 aliphatic carbocycles. The summed E-state index contributed by atoms with van der Waals surface area (Å²) >= 11 is 0. The topological polar surface area (TPSA) is 105 Å². The van der Waals surface area contributed by atoms with Gasteiger partial charge in [-0.05, 0) is 32.4 Å². The van der Waals surface area contributed by atoms with Crippen LogP contribution in [-0.4, -0.2) is 32.7 Å². The minimum atomic E-state index is -0.900. The molecule has 22 heavy (non-hydrogen) atoms. The van der Waals surface area contributed by atoms with Gasteiger partial charge in [-0.15, -0.1) is 0 Å². The van der Waals surface area contributed by atoms with Crippen LogP contribution in [0.25, 0.3) is 11.3 Å². The summed E-state index contributed by atoms with van der Waals surface area (Å²) in [5, 5.41) is 15.2. The summed E-state index contributed by atoms with van der Waals surface area (Å²) in [4.78, 5) is 26.7. The molecule has 2 aromatic heterocycles. The summed E-state index contributed by atoms with van der Waals surface area (Å²) in [6.07, 6.45) is 3.55. The van der Waals surface area contributed by atoms with Gasteiger partial charge in [0.25, 0.3) is 5.91 Å². The highest BCUT2D eigenvalue weighted by Gasteiger charge is 2.24. The highest BCUT2D eigenvalue weighted by atomic mass is 16.5. The molecule has 7 nitrogen and oxygen atoms in total. The maximum absolute atomic E-state index is 12.2. The van der Waals surface area contributed by atoms with Gasteiger partial charge in [-0.25, -0.2) is 0 Å². The number of aliphatic carboxylic acids is 1. The van der Waals surface area contributed by atoms with Gasteiger partial charge in [-0.2, -0.15) is 0 Å². The number of amides is 1. The predicted octanol–water partition coefficient (Wildman–Crippen LogP) is 2.11. The van der Waals surface area contributed by atoms with Crippen molar-refractivity contribution in [3.8, 4) is 11.3 Å². The number of hydrogen-bond donors (Lipinski definition) is 2. The van der Waals surface area contributed by atoms with E-state index < -0.39 is 17.4 Å². The molecule has 116 valence electrons. The van der Waals surface area contributed by atoms with E-state index in [4.69, 9.17) is 9.63 Å². The molecule has 0 aromatic carbocycles. The molecule has 0 saturated heterocycles. The minimum Gasteiger partial charge on any atom is -0.481 e. The summed E-state index contributed by atoms with van der Waals surface area (Å²) in [7, 11) is 0. The second kappa shape index (κ2) is 6.38. The Kier molecular flexibility index (Phi) is 4.55. The van der Waals surface area contributed by atoms with Crippen LogP contribution in [0, 0.1) is 0 Å². The maximum Gasteiger partial charge on any atom is 0.303 e. The van der Waals surface area contributed by atoms with Crippen molar-refractivity contribution in [3.05, 3.63) is 36.3 Å². The van der Waals surface area contributed by atoms with Crippen LogP contribution in [-0.2, 0) is 4.79 Å². The number of carbonyl (C=O) groups excluding carboxylic acids is 1. The van der Waals surface area contributed by atoms with Crippen molar-refractivity contribution in [2.24, 2.45) is 0 Å². The fourth-order valence-corrected chi connectivity index (χ4v) is 1.88. The molecule has 0 aliphatic heterocycles. The fourth-order valence-electron chi connectivity index (χ4n) is 1.88. The number of pyridine rings is 1. The molecule has 2 aromatic rings. The second-order valence-corrected chi connectivity index (χ2v) is 5.55. The quantitative estimate of drug-likeness (QED) is 0.846. The Hall–Kier alpha value is -2.70. The second-order valence-electron chi connectivity index (χ2n) is 5.55. The largest absolute Gasteiger partial charge is 0.481 e. The van der Waals surface area contributed by atoms with Gasteiger partial charge >= 0.3 is 5.97 Å². The summed E-state index contributed by atoms with van der Waals surface area (Å²) in [6, 6.07) is 5.08. The molecule has 1 amide bonds. The molecule has 0 atom stereocenters. The Morgan fingerprint density at radius 1 is 1.41 bits per heavy atom. The van der Waals surface area contributed by atoms with Crippen molar-refractivity contribution >= 4 is 11.9 Å². The molecule has 0 saturated carbocycles. The van der Waals surface area contributed by atoms with Gasteiger partial charge in [0.15, 0.2) is 11.5 Å². The molecule has 0 unspecified atom stereocenters. The van der Waals surface area contributed by atoms with E-state index >= 15 is 0 Å². The Balaban J connectivity index is 2.04. The van der Waals surface area contributed by atoms with E-state index in [1.165, 1.54) is 6.07 Å². The van der Waals surface area contributed by atoms with Crippen LogP contribution in [0.5, 0.6) is 0 Å². The number of carboxylic acid groups (broad SMARTS) is 1. The number of aromatic nitrogens is 2. The third kappa shape index (κ3) is 4.15. The average Bonchev–Trinajstić information content (AvgIpc) is 2.96. The van der Waals surface area contributed by atoms with Gasteiger partial charge in [0.2, 0.25) is 0 Å². The van der Waals surface area contributed by atoms with E-state index in [-0.39, 0.29) is 12.1 Å². The Labute approximate surface area is 127 Å². The number of carboxylic acids is 1. The van der Waals surface area contributed by atoms with Crippen molar-refractivity contribution in [1.29, 1.82) is 0 Å². The van der Waals surface area contributed by atoms with Gasteiger partial charge in [-0.3, -0.25) is 14.6 Å². The molecular formula is C15H17N3O4. The van der Waals surface area contributed by atoms with Crippen molar-refractivity contribution in [1.82, 2.24) is 15.5 Å². The zero-order valence-corrected chi connectivity index (χ0v) is 12.4. The third-order valence-corrected chi connectivity index (χ3v) is 3.10. The summed E-state index contributed by atoms with van der Waals surface area (Å²) in [5.41, 5.74) is 0.213. The summed E-state index contributed by atoms with van der Waals surface area (Å²) in [6.45, 7) is 3.52. The first kappa shape index (κ1) is 15.7. The molecule has 0 fully saturated rings. The summed E-state index contributed by atoms with van der Waals surface area (Å²) < 4.78 is 5.14. The van der Waals surface area contributed by atoms with Gasteiger partial charge in [0, 0.05) is 36.0 Å². The van der Waals surface area contributed by atoms with Crippen LogP contribution in [0.4, 0.5) is 0 Å². The lowest BCUT2D eigenvalue weighted by molar-refractivity contribution is -0.137. The van der Waals surface area contributed by atoms with E-state index in [9.17, 15) is 9.59 Å². The molecule has 2 heterocycles. The molecule has 0 bridgehead atoms. The lowest BCUT2D eigenvalue weighted by Crippen LogP contribution is -2.43. The first-order chi connectivity index (χ1) is 10.4. The third-order valence-electron chi connectivity index (χ3n) is 3.10. The molecule has 0 radical (unpaired) electrons. The Bertz CT molecular complexity index is 664. The normalized spacial score (nSPS) is 11.2. The van der Waals surface area contributed by atoms with Crippen LogP contribution in [0.15, 0.2) is 35.1 Å². The van der Waals surface area contributed by atoms with Gasteiger partial charge in [0.05, 0.1) is 0 Å². The number of carbonyl (C=O) groups is 2. The molecule has 0 spiro atoms. The van der Waals surface area contributed by atoms with E-state index in [2.05, 4.69) is 15.5 Å². The van der Waals surface area contributed by atoms with Gasteiger partial charge in [0.1, 0.15) is 0 Å². The van der Waals surface area contributed by atoms with Crippen molar-refractivity contribution in [2.75, 3.05) is 0 Å². The lowest BCUT2D eigenvalue weighted by Gasteiger charge is -2.24. The SMILES string of the molecule is CC(C)(CCC(=O)O)NC(=O)c1cc(-c2cccnc2)on1. The number of nitrogens with one attached hydrogen (secondary N) is 1. The van der Waals surface area contributed by atoms with E-state index in [0.29, 0.717) is 12.2 Å². The zero-order chi connectivity index (χ0) is 16.2. The van der Waals surface area contributed by atoms with E-state index in [1.807, 2.05) is 0 Å². The number of nitrogens with zero attached hydrogens (tertiary/aromatic N) is 2. The van der Waals surface area contributed by atoms with Crippen molar-refractivity contribution < 1.29 is 19.2 Å². The predicted molar refractivity (Wildman–Crippen MR) is 78.1 cm³/mol. The van der Waals surface area contributed by atoms with Crippen molar-refractivity contribution in [2.45, 2.75) is 32.2 Å². The molecule has 2 rings (SSSR count). The Morgan fingerprint density at radius 3 is 2.82 bits per heavy atom. The van der Waals surface area contributed by atoms with Crippen LogP contribution < -0.4 is 5.32 Å². The fraction of sp³-hybridized carbons (Fsp3) is 0.333. The molecule has 7 heteroatoms. The zero-order valence-electron chi connectivity index (χ0n) is 12.4. The molecule has 0 aliphatic rings. The highest BCUT2D eigenvalue weighted by Crippen LogP contribution is 2.19. The molecular weight excluding hydrogens is 286 g/mol. The average molecular weight is 303 g/mol.